The first-order valence-electron chi connectivity index (χ1n) is 7.16. The Morgan fingerprint density at radius 2 is 1.88 bits per heavy atom. The molecule has 1 aromatic heterocycles. The number of halogens is 1. The summed E-state index contributed by atoms with van der Waals surface area (Å²) in [5.74, 6) is 0.191. The van der Waals surface area contributed by atoms with Gasteiger partial charge in [0, 0.05) is 16.5 Å². The maximum atomic E-state index is 12.4. The van der Waals surface area contributed by atoms with Crippen LogP contribution in [0.2, 0.25) is 5.02 Å². The van der Waals surface area contributed by atoms with Gasteiger partial charge in [0.25, 0.3) is 0 Å². The van der Waals surface area contributed by atoms with Crippen LogP contribution >= 0.6 is 11.6 Å². The number of rotatable bonds is 4. The molecule has 5 nitrogen and oxygen atoms in total. The fraction of sp³-hybridized carbons (Fsp3) is 0.118. The van der Waals surface area contributed by atoms with Crippen molar-refractivity contribution < 1.29 is 17.0 Å². The van der Waals surface area contributed by atoms with E-state index >= 15 is 0 Å². The zero-order valence-corrected chi connectivity index (χ0v) is 14.2. The van der Waals surface area contributed by atoms with Gasteiger partial charge in [-0.1, -0.05) is 18.5 Å². The van der Waals surface area contributed by atoms with E-state index in [9.17, 15) is 13.2 Å². The van der Waals surface area contributed by atoms with Crippen molar-refractivity contribution in [1.29, 1.82) is 0 Å². The Hall–Kier alpha value is -2.31. The van der Waals surface area contributed by atoms with Crippen molar-refractivity contribution in [3.8, 4) is 5.75 Å². The average Bonchev–Trinajstić information content (AvgIpc) is 2.55. The average molecular weight is 365 g/mol. The molecule has 24 heavy (non-hydrogen) atoms. The van der Waals surface area contributed by atoms with E-state index in [1.807, 2.05) is 6.92 Å². The molecule has 2 aromatic carbocycles. The van der Waals surface area contributed by atoms with Crippen molar-refractivity contribution in [1.82, 2.24) is 0 Å². The van der Waals surface area contributed by atoms with Crippen LogP contribution in [0.1, 0.15) is 12.5 Å². The molecule has 0 aliphatic carbocycles. The van der Waals surface area contributed by atoms with Crippen LogP contribution < -0.4 is 9.81 Å². The van der Waals surface area contributed by atoms with Gasteiger partial charge in [-0.25, -0.2) is 4.79 Å². The quantitative estimate of drug-likeness (QED) is 0.520. The summed E-state index contributed by atoms with van der Waals surface area (Å²) in [5.41, 5.74) is 0.605. The largest absolute Gasteiger partial charge is 0.423 e. The molecule has 0 fully saturated rings. The monoisotopic (exact) mass is 364 g/mol. The Labute approximate surface area is 143 Å². The first-order valence-corrected chi connectivity index (χ1v) is 8.94. The summed E-state index contributed by atoms with van der Waals surface area (Å²) >= 11 is 6.02. The molecule has 0 radical (unpaired) electrons. The minimum atomic E-state index is -4.02. The molecule has 0 saturated carbocycles. The maximum Gasteiger partial charge on any atom is 0.339 e. The molecule has 0 spiro atoms. The zero-order chi connectivity index (χ0) is 17.3. The second-order valence-corrected chi connectivity index (χ2v) is 7.05. The summed E-state index contributed by atoms with van der Waals surface area (Å²) in [6.07, 6.45) is 0.658. The second-order valence-electron chi connectivity index (χ2n) is 5.10. The molecule has 7 heteroatoms. The van der Waals surface area contributed by atoms with E-state index in [4.69, 9.17) is 20.2 Å². The molecule has 0 atom stereocenters. The van der Waals surface area contributed by atoms with Crippen LogP contribution in [0.5, 0.6) is 5.75 Å². The molecule has 124 valence electrons. The molecule has 0 bridgehead atoms. The SMILES string of the molecule is CCc1cc(OS(=O)(=O)c2ccc3oc(=O)ccc3c2)ccc1Cl. The summed E-state index contributed by atoms with van der Waals surface area (Å²) in [6.45, 7) is 1.91. The third-order valence-electron chi connectivity index (χ3n) is 3.48. The third kappa shape index (κ3) is 3.29. The van der Waals surface area contributed by atoms with E-state index in [0.29, 0.717) is 22.4 Å². The minimum Gasteiger partial charge on any atom is -0.423 e. The van der Waals surface area contributed by atoms with E-state index < -0.39 is 15.7 Å². The maximum absolute atomic E-state index is 12.4. The van der Waals surface area contributed by atoms with Crippen LogP contribution in [0.25, 0.3) is 11.0 Å². The lowest BCUT2D eigenvalue weighted by molar-refractivity contribution is 0.486. The lowest BCUT2D eigenvalue weighted by atomic mass is 10.2. The Morgan fingerprint density at radius 3 is 2.62 bits per heavy atom. The highest BCUT2D eigenvalue weighted by molar-refractivity contribution is 7.87. The van der Waals surface area contributed by atoms with Gasteiger partial charge in [0.1, 0.15) is 16.2 Å². The van der Waals surface area contributed by atoms with Crippen molar-refractivity contribution in [2.75, 3.05) is 0 Å². The van der Waals surface area contributed by atoms with Gasteiger partial charge in [-0.15, -0.1) is 0 Å². The summed E-state index contributed by atoms with van der Waals surface area (Å²) in [6, 6.07) is 11.6. The molecule has 3 rings (SSSR count). The smallest absolute Gasteiger partial charge is 0.339 e. The number of benzene rings is 2. The lowest BCUT2D eigenvalue weighted by Crippen LogP contribution is -2.10. The van der Waals surface area contributed by atoms with E-state index in [-0.39, 0.29) is 10.6 Å². The zero-order valence-electron chi connectivity index (χ0n) is 12.7. The first-order chi connectivity index (χ1) is 11.4. The summed E-state index contributed by atoms with van der Waals surface area (Å²) in [5, 5.41) is 1.05. The van der Waals surface area contributed by atoms with Crippen LogP contribution in [0, 0.1) is 0 Å². The van der Waals surface area contributed by atoms with E-state index in [0.717, 1.165) is 5.56 Å². The molecular weight excluding hydrogens is 352 g/mol. The Morgan fingerprint density at radius 1 is 1.08 bits per heavy atom. The van der Waals surface area contributed by atoms with Gasteiger partial charge in [-0.05, 0) is 54.4 Å². The van der Waals surface area contributed by atoms with E-state index in [2.05, 4.69) is 0 Å². The number of aryl methyl sites for hydroxylation is 1. The van der Waals surface area contributed by atoms with Crippen LogP contribution in [-0.2, 0) is 16.5 Å². The highest BCUT2D eigenvalue weighted by atomic mass is 35.5. The topological polar surface area (TPSA) is 73.6 Å². The molecule has 1 heterocycles. The second kappa shape index (κ2) is 6.30. The molecule has 3 aromatic rings. The molecule has 0 N–H and O–H groups in total. The van der Waals surface area contributed by atoms with E-state index in [1.54, 1.807) is 12.1 Å². The van der Waals surface area contributed by atoms with Gasteiger partial charge in [-0.2, -0.15) is 8.42 Å². The molecule has 0 amide bonds. The van der Waals surface area contributed by atoms with Crippen molar-refractivity contribution in [2.24, 2.45) is 0 Å². The van der Waals surface area contributed by atoms with Crippen LogP contribution in [0.4, 0.5) is 0 Å². The normalized spacial score (nSPS) is 11.6. The van der Waals surface area contributed by atoms with Crippen LogP contribution in [-0.4, -0.2) is 8.42 Å². The summed E-state index contributed by atoms with van der Waals surface area (Å²) in [7, 11) is -4.02. The molecule has 0 saturated heterocycles. The molecular formula is C17H13ClO5S. The number of hydrogen-bond acceptors (Lipinski definition) is 5. The van der Waals surface area contributed by atoms with Gasteiger partial charge >= 0.3 is 15.7 Å². The summed E-state index contributed by atoms with van der Waals surface area (Å²) in [4.78, 5) is 11.1. The van der Waals surface area contributed by atoms with Crippen molar-refractivity contribution in [3.05, 3.63) is 69.5 Å². The minimum absolute atomic E-state index is 0.0307. The number of hydrogen-bond donors (Lipinski definition) is 0. The molecule has 0 aliphatic rings. The van der Waals surface area contributed by atoms with Gasteiger partial charge in [0.15, 0.2) is 0 Å². The van der Waals surface area contributed by atoms with Gasteiger partial charge in [0.2, 0.25) is 0 Å². The van der Waals surface area contributed by atoms with Crippen molar-refractivity contribution in [3.63, 3.8) is 0 Å². The number of fused-ring (bicyclic) bond motifs is 1. The Bertz CT molecular complexity index is 1070. The standard InChI is InChI=1S/C17H13ClO5S/c1-2-11-9-13(4-6-15(11)18)23-24(20,21)14-5-7-16-12(10-14)3-8-17(19)22-16/h3-10H,2H2,1H3. The predicted octanol–water partition coefficient (Wildman–Crippen LogP) is 3.78. The highest BCUT2D eigenvalue weighted by Gasteiger charge is 2.18. The van der Waals surface area contributed by atoms with Gasteiger partial charge in [-0.3, -0.25) is 0 Å². The molecule has 0 aliphatic heterocycles. The van der Waals surface area contributed by atoms with Crippen molar-refractivity contribution >= 4 is 32.7 Å². The first kappa shape index (κ1) is 16.5. The van der Waals surface area contributed by atoms with E-state index in [1.165, 1.54) is 36.4 Å². The Kier molecular flexibility index (Phi) is 4.34. The third-order valence-corrected chi connectivity index (χ3v) is 5.10. The van der Waals surface area contributed by atoms with Gasteiger partial charge < -0.3 is 8.60 Å². The van der Waals surface area contributed by atoms with Crippen molar-refractivity contribution in [2.45, 2.75) is 18.2 Å². The van der Waals surface area contributed by atoms with Gasteiger partial charge in [0.05, 0.1) is 0 Å². The van der Waals surface area contributed by atoms with Crippen LogP contribution in [0.15, 0.2) is 62.6 Å². The molecule has 0 unspecified atom stereocenters. The highest BCUT2D eigenvalue weighted by Crippen LogP contribution is 2.26. The fourth-order valence-electron chi connectivity index (χ4n) is 2.25. The fourth-order valence-corrected chi connectivity index (χ4v) is 3.46. The Balaban J connectivity index is 1.98. The predicted molar refractivity (Wildman–Crippen MR) is 91.1 cm³/mol. The van der Waals surface area contributed by atoms with Crippen LogP contribution in [0.3, 0.4) is 0 Å². The summed E-state index contributed by atoms with van der Waals surface area (Å²) < 4.78 is 35.1. The lowest BCUT2D eigenvalue weighted by Gasteiger charge is -2.09.